The van der Waals surface area contributed by atoms with Gasteiger partial charge in [-0.15, -0.1) is 0 Å². The molecule has 0 bridgehead atoms. The second-order valence-corrected chi connectivity index (χ2v) is 5.07. The van der Waals surface area contributed by atoms with Gasteiger partial charge < -0.3 is 15.3 Å². The summed E-state index contributed by atoms with van der Waals surface area (Å²) in [6.45, 7) is 0. The number of aliphatic hydroxyl groups is 3. The predicted octanol–water partition coefficient (Wildman–Crippen LogP) is -0.0538. The molecular formula is C13H17NO3. The Balaban J connectivity index is 1.92. The highest BCUT2D eigenvalue weighted by molar-refractivity contribution is 5.27. The Kier molecular flexibility index (Phi) is 2.48. The van der Waals surface area contributed by atoms with Crippen LogP contribution >= 0.6 is 0 Å². The van der Waals surface area contributed by atoms with Crippen molar-refractivity contribution < 1.29 is 15.3 Å². The molecule has 1 saturated heterocycles. The standard InChI is InChI=1S/C13H17NO3/c15-9-6-7-13(17)11(9)14-10(12(13)16)8-4-2-1-3-5-8/h1-5,9-12,14-17H,6-7H2/t9-,10+,11+,12+,13+/m0/s1. The van der Waals surface area contributed by atoms with Crippen LogP contribution in [0.1, 0.15) is 24.4 Å². The van der Waals surface area contributed by atoms with Gasteiger partial charge in [-0.1, -0.05) is 30.3 Å². The number of aliphatic hydroxyl groups excluding tert-OH is 2. The zero-order valence-electron chi connectivity index (χ0n) is 9.45. The molecule has 3 rings (SSSR count). The number of hydrogen-bond acceptors (Lipinski definition) is 4. The average Bonchev–Trinajstić information content (AvgIpc) is 2.78. The Hall–Kier alpha value is -0.940. The summed E-state index contributed by atoms with van der Waals surface area (Å²) in [5.74, 6) is 0. The van der Waals surface area contributed by atoms with Crippen molar-refractivity contribution in [3.63, 3.8) is 0 Å². The van der Waals surface area contributed by atoms with E-state index in [1.807, 2.05) is 30.3 Å². The average molecular weight is 235 g/mol. The number of rotatable bonds is 1. The first kappa shape index (κ1) is 11.2. The van der Waals surface area contributed by atoms with Crippen molar-refractivity contribution in [2.24, 2.45) is 0 Å². The lowest BCUT2D eigenvalue weighted by atomic mass is 9.90. The van der Waals surface area contributed by atoms with Crippen LogP contribution in [0.4, 0.5) is 0 Å². The molecule has 0 unspecified atom stereocenters. The van der Waals surface area contributed by atoms with Crippen LogP contribution in [0.3, 0.4) is 0 Å². The Labute approximate surface area is 99.9 Å². The summed E-state index contributed by atoms with van der Waals surface area (Å²) < 4.78 is 0. The summed E-state index contributed by atoms with van der Waals surface area (Å²) in [7, 11) is 0. The van der Waals surface area contributed by atoms with Crippen molar-refractivity contribution in [1.82, 2.24) is 5.32 Å². The van der Waals surface area contributed by atoms with E-state index in [4.69, 9.17) is 0 Å². The van der Waals surface area contributed by atoms with E-state index in [0.29, 0.717) is 12.8 Å². The fourth-order valence-corrected chi connectivity index (χ4v) is 3.13. The highest BCUT2D eigenvalue weighted by Gasteiger charge is 2.59. The van der Waals surface area contributed by atoms with Gasteiger partial charge in [-0.3, -0.25) is 5.32 Å². The fourth-order valence-electron chi connectivity index (χ4n) is 3.13. The zero-order valence-corrected chi connectivity index (χ0v) is 9.45. The van der Waals surface area contributed by atoms with E-state index in [1.54, 1.807) is 0 Å². The maximum atomic E-state index is 10.4. The normalized spacial score (nSPS) is 44.9. The van der Waals surface area contributed by atoms with Crippen LogP contribution in [0.25, 0.3) is 0 Å². The van der Waals surface area contributed by atoms with Crippen LogP contribution in [0.5, 0.6) is 0 Å². The van der Waals surface area contributed by atoms with Gasteiger partial charge in [0.15, 0.2) is 0 Å². The molecule has 4 nitrogen and oxygen atoms in total. The monoisotopic (exact) mass is 235 g/mol. The van der Waals surface area contributed by atoms with Gasteiger partial charge in [0.05, 0.1) is 18.2 Å². The molecule has 2 aliphatic rings. The Bertz CT molecular complexity index is 410. The smallest absolute Gasteiger partial charge is 0.110 e. The SMILES string of the molecule is O[C@@H]1[C@@H](c2ccccc2)N[C@@H]2[C@@H](O)CC[C@]12O. The molecule has 1 aliphatic carbocycles. The molecule has 2 fully saturated rings. The van der Waals surface area contributed by atoms with Gasteiger partial charge in [-0.05, 0) is 18.4 Å². The Morgan fingerprint density at radius 3 is 2.53 bits per heavy atom. The Morgan fingerprint density at radius 1 is 1.18 bits per heavy atom. The quantitative estimate of drug-likeness (QED) is 0.550. The predicted molar refractivity (Wildman–Crippen MR) is 62.3 cm³/mol. The molecule has 0 aromatic heterocycles. The first-order chi connectivity index (χ1) is 8.13. The minimum absolute atomic E-state index is 0.304. The molecule has 0 amide bonds. The summed E-state index contributed by atoms with van der Waals surface area (Å²) in [6, 6.07) is 8.81. The lowest BCUT2D eigenvalue weighted by Gasteiger charge is -2.26. The molecular weight excluding hydrogens is 218 g/mol. The van der Waals surface area contributed by atoms with Gasteiger partial charge in [0, 0.05) is 0 Å². The third-order valence-corrected chi connectivity index (χ3v) is 4.11. The molecule has 4 heteroatoms. The van der Waals surface area contributed by atoms with E-state index in [0.717, 1.165) is 5.56 Å². The minimum Gasteiger partial charge on any atom is -0.391 e. The third-order valence-electron chi connectivity index (χ3n) is 4.11. The van der Waals surface area contributed by atoms with Gasteiger partial charge in [-0.25, -0.2) is 0 Å². The van der Waals surface area contributed by atoms with Gasteiger partial charge >= 0.3 is 0 Å². The molecule has 1 heterocycles. The van der Waals surface area contributed by atoms with E-state index in [-0.39, 0.29) is 6.04 Å². The molecule has 5 atom stereocenters. The maximum Gasteiger partial charge on any atom is 0.110 e. The van der Waals surface area contributed by atoms with Crippen molar-refractivity contribution in [3.8, 4) is 0 Å². The molecule has 0 radical (unpaired) electrons. The zero-order chi connectivity index (χ0) is 12.0. The molecule has 0 spiro atoms. The van der Waals surface area contributed by atoms with Crippen LogP contribution in [0.2, 0.25) is 0 Å². The van der Waals surface area contributed by atoms with Crippen molar-refractivity contribution >= 4 is 0 Å². The third kappa shape index (κ3) is 1.52. The second-order valence-electron chi connectivity index (χ2n) is 5.07. The summed E-state index contributed by atoms with van der Waals surface area (Å²) in [4.78, 5) is 0. The molecule has 17 heavy (non-hydrogen) atoms. The number of nitrogens with one attached hydrogen (secondary N) is 1. The van der Waals surface area contributed by atoms with Crippen molar-refractivity contribution in [2.45, 2.75) is 42.7 Å². The first-order valence-electron chi connectivity index (χ1n) is 6.02. The molecule has 4 N–H and O–H groups in total. The van der Waals surface area contributed by atoms with Crippen LogP contribution < -0.4 is 5.32 Å². The molecule has 1 saturated carbocycles. The van der Waals surface area contributed by atoms with Gasteiger partial charge in [-0.2, -0.15) is 0 Å². The van der Waals surface area contributed by atoms with Crippen molar-refractivity contribution in [3.05, 3.63) is 35.9 Å². The largest absolute Gasteiger partial charge is 0.391 e. The van der Waals surface area contributed by atoms with Crippen molar-refractivity contribution in [1.29, 1.82) is 0 Å². The van der Waals surface area contributed by atoms with Crippen LogP contribution in [-0.4, -0.2) is 39.2 Å². The molecule has 1 aliphatic heterocycles. The minimum atomic E-state index is -1.19. The van der Waals surface area contributed by atoms with E-state index in [9.17, 15) is 15.3 Å². The first-order valence-corrected chi connectivity index (χ1v) is 6.02. The van der Waals surface area contributed by atoms with Gasteiger partial charge in [0.2, 0.25) is 0 Å². The van der Waals surface area contributed by atoms with Crippen LogP contribution in [0.15, 0.2) is 30.3 Å². The van der Waals surface area contributed by atoms with Gasteiger partial charge in [0.1, 0.15) is 11.7 Å². The molecule has 1 aromatic rings. The highest BCUT2D eigenvalue weighted by atomic mass is 16.4. The van der Waals surface area contributed by atoms with E-state index in [2.05, 4.69) is 5.32 Å². The van der Waals surface area contributed by atoms with E-state index in [1.165, 1.54) is 0 Å². The number of hydrogen-bond donors (Lipinski definition) is 4. The summed E-state index contributed by atoms with van der Waals surface area (Å²) in [5, 5.41) is 33.7. The van der Waals surface area contributed by atoms with E-state index >= 15 is 0 Å². The Morgan fingerprint density at radius 2 is 1.88 bits per heavy atom. The lowest BCUT2D eigenvalue weighted by Crippen LogP contribution is -2.47. The number of benzene rings is 1. The van der Waals surface area contributed by atoms with E-state index < -0.39 is 23.9 Å². The summed E-state index contributed by atoms with van der Waals surface area (Å²) in [5.41, 5.74) is -0.255. The lowest BCUT2D eigenvalue weighted by molar-refractivity contribution is -0.0629. The number of fused-ring (bicyclic) bond motifs is 1. The topological polar surface area (TPSA) is 72.7 Å². The highest BCUT2D eigenvalue weighted by Crippen LogP contribution is 2.44. The van der Waals surface area contributed by atoms with Gasteiger partial charge in [0.25, 0.3) is 0 Å². The molecule has 92 valence electrons. The fraction of sp³-hybridized carbons (Fsp3) is 0.538. The van der Waals surface area contributed by atoms with Crippen LogP contribution in [0, 0.1) is 0 Å². The summed E-state index contributed by atoms with van der Waals surface area (Å²) >= 11 is 0. The molecule has 1 aromatic carbocycles. The maximum absolute atomic E-state index is 10.4. The van der Waals surface area contributed by atoms with Crippen molar-refractivity contribution in [2.75, 3.05) is 0 Å². The van der Waals surface area contributed by atoms with Crippen LogP contribution in [-0.2, 0) is 0 Å². The summed E-state index contributed by atoms with van der Waals surface area (Å²) in [6.07, 6.45) is -0.473. The second kappa shape index (κ2) is 3.78.